The van der Waals surface area contributed by atoms with E-state index >= 15 is 0 Å². The van der Waals surface area contributed by atoms with Gasteiger partial charge in [-0.25, -0.2) is 8.42 Å². The third-order valence-electron chi connectivity index (χ3n) is 5.94. The van der Waals surface area contributed by atoms with Crippen LogP contribution in [0.15, 0.2) is 47.0 Å². The van der Waals surface area contributed by atoms with Gasteiger partial charge in [-0.1, -0.05) is 24.6 Å². The molecule has 1 amide bonds. The van der Waals surface area contributed by atoms with E-state index in [-0.39, 0.29) is 5.91 Å². The summed E-state index contributed by atoms with van der Waals surface area (Å²) in [6.07, 6.45) is 6.88. The quantitative estimate of drug-likeness (QED) is 0.761. The van der Waals surface area contributed by atoms with Gasteiger partial charge < -0.3 is 4.90 Å². The number of hydrogen-bond acceptors (Lipinski definition) is 4. The van der Waals surface area contributed by atoms with Crippen molar-refractivity contribution in [2.75, 3.05) is 19.3 Å². The third kappa shape index (κ3) is 3.86. The minimum Gasteiger partial charge on any atom is -0.342 e. The van der Waals surface area contributed by atoms with E-state index in [4.69, 9.17) is 4.98 Å². The van der Waals surface area contributed by atoms with Crippen molar-refractivity contribution in [3.63, 3.8) is 0 Å². The first kappa shape index (κ1) is 19.8. The Kier molecular flexibility index (Phi) is 5.30. The SMILES string of the molecule is CCC(=O)N1CCC(=C2c3ccc(S(C)(=O)=O)cc3CCc3cccnc32)CC1. The van der Waals surface area contributed by atoms with Gasteiger partial charge in [0.2, 0.25) is 5.91 Å². The maximum Gasteiger partial charge on any atom is 0.222 e. The van der Waals surface area contributed by atoms with E-state index in [9.17, 15) is 13.2 Å². The number of sulfone groups is 1. The molecule has 4 rings (SSSR count). The van der Waals surface area contributed by atoms with E-state index in [0.29, 0.717) is 11.3 Å². The van der Waals surface area contributed by atoms with Gasteiger partial charge in [0.05, 0.1) is 10.6 Å². The zero-order valence-corrected chi connectivity index (χ0v) is 17.8. The maximum absolute atomic E-state index is 12.1. The van der Waals surface area contributed by atoms with Crippen molar-refractivity contribution in [1.82, 2.24) is 9.88 Å². The van der Waals surface area contributed by atoms with Crippen molar-refractivity contribution in [3.8, 4) is 0 Å². The van der Waals surface area contributed by atoms with E-state index in [1.807, 2.05) is 36.2 Å². The molecule has 1 aromatic carbocycles. The molecule has 0 unspecified atom stereocenters. The molecular weight excluding hydrogens is 384 g/mol. The van der Waals surface area contributed by atoms with Crippen LogP contribution in [0.25, 0.3) is 5.57 Å². The molecule has 0 spiro atoms. The van der Waals surface area contributed by atoms with Gasteiger partial charge in [-0.2, -0.15) is 0 Å². The van der Waals surface area contributed by atoms with E-state index in [0.717, 1.165) is 61.2 Å². The summed E-state index contributed by atoms with van der Waals surface area (Å²) < 4.78 is 24.1. The maximum atomic E-state index is 12.1. The zero-order valence-electron chi connectivity index (χ0n) is 16.9. The Morgan fingerprint density at radius 1 is 1.07 bits per heavy atom. The molecule has 1 aromatic heterocycles. The Labute approximate surface area is 172 Å². The van der Waals surface area contributed by atoms with Crippen LogP contribution in [-0.2, 0) is 27.5 Å². The van der Waals surface area contributed by atoms with Crippen molar-refractivity contribution >= 4 is 21.3 Å². The lowest BCUT2D eigenvalue weighted by Crippen LogP contribution is -2.36. The van der Waals surface area contributed by atoms with Crippen molar-refractivity contribution in [3.05, 3.63) is 64.5 Å². The molecule has 0 radical (unpaired) electrons. The standard InChI is InChI=1S/C23H26N2O3S/c1-3-21(26)25-13-10-16(11-14-25)22-20-9-8-19(29(2,27)28)15-18(20)7-6-17-5-4-12-24-23(17)22/h4-5,8-9,12,15H,3,6-7,10-11,13-14H2,1-2H3. The number of nitrogens with zero attached hydrogens (tertiary/aromatic N) is 2. The molecule has 0 saturated carbocycles. The van der Waals surface area contributed by atoms with Crippen LogP contribution in [0.3, 0.4) is 0 Å². The van der Waals surface area contributed by atoms with Crippen LogP contribution < -0.4 is 0 Å². The van der Waals surface area contributed by atoms with Gasteiger partial charge in [0.15, 0.2) is 9.84 Å². The van der Waals surface area contributed by atoms with Crippen LogP contribution in [0.1, 0.15) is 48.6 Å². The van der Waals surface area contributed by atoms with Crippen LogP contribution in [-0.4, -0.2) is 43.6 Å². The molecule has 0 N–H and O–H groups in total. The summed E-state index contributed by atoms with van der Waals surface area (Å²) in [6, 6.07) is 9.55. The van der Waals surface area contributed by atoms with Gasteiger partial charge in [0.1, 0.15) is 0 Å². The number of pyridine rings is 1. The highest BCUT2D eigenvalue weighted by Gasteiger charge is 2.26. The van der Waals surface area contributed by atoms with Crippen LogP contribution in [0.5, 0.6) is 0 Å². The predicted molar refractivity (Wildman–Crippen MR) is 113 cm³/mol. The molecule has 2 aliphatic rings. The number of aromatic nitrogens is 1. The number of rotatable bonds is 2. The first-order chi connectivity index (χ1) is 13.9. The van der Waals surface area contributed by atoms with Crippen molar-refractivity contribution < 1.29 is 13.2 Å². The number of hydrogen-bond donors (Lipinski definition) is 0. The Morgan fingerprint density at radius 3 is 2.48 bits per heavy atom. The van der Waals surface area contributed by atoms with Gasteiger partial charge in [-0.05, 0) is 60.6 Å². The van der Waals surface area contributed by atoms with Gasteiger partial charge in [0.25, 0.3) is 0 Å². The molecular formula is C23H26N2O3S. The van der Waals surface area contributed by atoms with E-state index in [1.165, 1.54) is 17.4 Å². The van der Waals surface area contributed by atoms with Gasteiger partial charge >= 0.3 is 0 Å². The molecule has 0 atom stereocenters. The average molecular weight is 411 g/mol. The number of likely N-dealkylation sites (tertiary alicyclic amines) is 1. The molecule has 1 aliphatic carbocycles. The highest BCUT2D eigenvalue weighted by Crippen LogP contribution is 2.38. The number of carbonyl (C=O) groups is 1. The van der Waals surface area contributed by atoms with E-state index < -0.39 is 9.84 Å². The largest absolute Gasteiger partial charge is 0.342 e. The van der Waals surface area contributed by atoms with Crippen molar-refractivity contribution in [1.29, 1.82) is 0 Å². The summed E-state index contributed by atoms with van der Waals surface area (Å²) in [5.41, 5.74) is 6.78. The second-order valence-corrected chi connectivity index (χ2v) is 9.83. The summed E-state index contributed by atoms with van der Waals surface area (Å²) in [5.74, 6) is 0.201. The molecule has 2 heterocycles. The molecule has 1 fully saturated rings. The number of piperidine rings is 1. The number of benzene rings is 1. The van der Waals surface area contributed by atoms with E-state index in [2.05, 4.69) is 6.07 Å². The minimum absolute atomic E-state index is 0.201. The normalized spacial score (nSPS) is 16.8. The Hall–Kier alpha value is -2.47. The average Bonchev–Trinajstić information content (AvgIpc) is 2.89. The molecule has 29 heavy (non-hydrogen) atoms. The lowest BCUT2D eigenvalue weighted by Gasteiger charge is -2.30. The zero-order chi connectivity index (χ0) is 20.6. The first-order valence-electron chi connectivity index (χ1n) is 10.2. The summed E-state index contributed by atoms with van der Waals surface area (Å²) in [7, 11) is -3.25. The monoisotopic (exact) mass is 410 g/mol. The predicted octanol–water partition coefficient (Wildman–Crippen LogP) is 3.42. The van der Waals surface area contributed by atoms with Crippen LogP contribution in [0, 0.1) is 0 Å². The summed E-state index contributed by atoms with van der Waals surface area (Å²) in [6.45, 7) is 3.35. The van der Waals surface area contributed by atoms with Crippen LogP contribution >= 0.6 is 0 Å². The Balaban J connectivity index is 1.84. The van der Waals surface area contributed by atoms with Gasteiger partial charge in [-0.15, -0.1) is 0 Å². The summed E-state index contributed by atoms with van der Waals surface area (Å²) in [5, 5.41) is 0. The molecule has 5 nitrogen and oxygen atoms in total. The molecule has 0 bridgehead atoms. The molecule has 6 heteroatoms. The third-order valence-corrected chi connectivity index (χ3v) is 7.05. The molecule has 152 valence electrons. The summed E-state index contributed by atoms with van der Waals surface area (Å²) >= 11 is 0. The second kappa shape index (κ2) is 7.75. The lowest BCUT2D eigenvalue weighted by molar-refractivity contribution is -0.131. The Morgan fingerprint density at radius 2 is 1.79 bits per heavy atom. The molecule has 1 saturated heterocycles. The fourth-order valence-electron chi connectivity index (χ4n) is 4.37. The molecule has 1 aliphatic heterocycles. The number of carbonyl (C=O) groups excluding carboxylic acids is 1. The van der Waals surface area contributed by atoms with Crippen molar-refractivity contribution in [2.45, 2.75) is 43.9 Å². The Bertz CT molecular complexity index is 1090. The number of amides is 1. The lowest BCUT2D eigenvalue weighted by atomic mass is 9.88. The first-order valence-corrected chi connectivity index (χ1v) is 12.0. The number of fused-ring (bicyclic) bond motifs is 2. The second-order valence-electron chi connectivity index (χ2n) is 7.82. The smallest absolute Gasteiger partial charge is 0.222 e. The highest BCUT2D eigenvalue weighted by atomic mass is 32.2. The fourth-order valence-corrected chi connectivity index (χ4v) is 5.04. The minimum atomic E-state index is -3.25. The topological polar surface area (TPSA) is 67.3 Å². The number of aryl methyl sites for hydroxylation is 2. The van der Waals surface area contributed by atoms with Gasteiger partial charge in [-0.3, -0.25) is 9.78 Å². The summed E-state index contributed by atoms with van der Waals surface area (Å²) in [4.78, 5) is 19.1. The van der Waals surface area contributed by atoms with Crippen LogP contribution in [0.4, 0.5) is 0 Å². The molecule has 2 aromatic rings. The highest BCUT2D eigenvalue weighted by molar-refractivity contribution is 7.90. The fraction of sp³-hybridized carbons (Fsp3) is 0.391. The van der Waals surface area contributed by atoms with Crippen molar-refractivity contribution in [2.24, 2.45) is 0 Å². The van der Waals surface area contributed by atoms with Gasteiger partial charge in [0, 0.05) is 37.5 Å². The van der Waals surface area contributed by atoms with E-state index in [1.54, 1.807) is 6.07 Å². The van der Waals surface area contributed by atoms with Crippen LogP contribution in [0.2, 0.25) is 0 Å².